The van der Waals surface area contributed by atoms with E-state index >= 15 is 0 Å². The topological polar surface area (TPSA) is 92.5 Å². The van der Waals surface area contributed by atoms with E-state index in [1.807, 2.05) is 12.1 Å². The molecule has 0 fully saturated rings. The smallest absolute Gasteiger partial charge is 0.283 e. The quantitative estimate of drug-likeness (QED) is 0.627. The van der Waals surface area contributed by atoms with Gasteiger partial charge in [-0.1, -0.05) is 35.9 Å². The van der Waals surface area contributed by atoms with Gasteiger partial charge in [0, 0.05) is 17.6 Å². The fourth-order valence-corrected chi connectivity index (χ4v) is 2.24. The van der Waals surface area contributed by atoms with Crippen LogP contribution in [0.25, 0.3) is 0 Å². The molecule has 2 rings (SSSR count). The van der Waals surface area contributed by atoms with E-state index in [1.54, 1.807) is 12.1 Å². The lowest BCUT2D eigenvalue weighted by atomic mass is 10.1. The number of carbonyl (C=O) groups excluding carboxylic acids is 1. The highest BCUT2D eigenvalue weighted by molar-refractivity contribution is 6.31. The number of hydrogen-bond acceptors (Lipinski definition) is 4. The number of hydrogen-bond donors (Lipinski definition) is 2. The van der Waals surface area contributed by atoms with Gasteiger partial charge in [-0.25, -0.2) is 0 Å². The van der Waals surface area contributed by atoms with Gasteiger partial charge in [0.15, 0.2) is 0 Å². The Balaban J connectivity index is 1.98. The predicted octanol–water partition coefficient (Wildman–Crippen LogP) is 2.71. The summed E-state index contributed by atoms with van der Waals surface area (Å²) < 4.78 is 0. The Morgan fingerprint density at radius 2 is 1.83 bits per heavy atom. The van der Waals surface area contributed by atoms with Gasteiger partial charge in [0.05, 0.1) is 11.5 Å². The van der Waals surface area contributed by atoms with Crippen molar-refractivity contribution < 1.29 is 14.8 Å². The molecule has 2 aromatic rings. The fourth-order valence-electron chi connectivity index (χ4n) is 2.07. The third kappa shape index (κ3) is 4.51. The number of aliphatic hydroxyl groups is 1. The summed E-state index contributed by atoms with van der Waals surface area (Å²) in [7, 11) is 0. The second kappa shape index (κ2) is 7.71. The van der Waals surface area contributed by atoms with E-state index in [0.29, 0.717) is 13.0 Å². The molecule has 0 bridgehead atoms. The van der Waals surface area contributed by atoms with Crippen LogP contribution in [0.15, 0.2) is 42.5 Å². The average Bonchev–Trinajstić information content (AvgIpc) is 2.55. The van der Waals surface area contributed by atoms with Crippen molar-refractivity contribution in [1.29, 1.82) is 0 Å². The zero-order valence-corrected chi connectivity index (χ0v) is 12.9. The number of nitrogens with one attached hydrogen (secondary N) is 1. The van der Waals surface area contributed by atoms with E-state index in [-0.39, 0.29) is 22.9 Å². The number of aliphatic hydroxyl groups excluding tert-OH is 1. The molecule has 0 aromatic heterocycles. The van der Waals surface area contributed by atoms with Gasteiger partial charge in [-0.15, -0.1) is 0 Å². The van der Waals surface area contributed by atoms with Crippen molar-refractivity contribution in [1.82, 2.24) is 5.32 Å². The maximum atomic E-state index is 12.1. The normalized spacial score (nSPS) is 10.3. The highest BCUT2D eigenvalue weighted by Gasteiger charge is 2.20. The molecular formula is C16H15ClN2O4. The summed E-state index contributed by atoms with van der Waals surface area (Å²) >= 11 is 5.72. The maximum absolute atomic E-state index is 12.1. The minimum absolute atomic E-state index is 0.0166. The number of carbonyl (C=O) groups is 1. The van der Waals surface area contributed by atoms with Crippen LogP contribution in [0.3, 0.4) is 0 Å². The standard InChI is InChI=1S/C16H15ClN2O4/c17-13-5-6-14(15(9-13)19(22)23)16(21)18-8-7-11-1-3-12(10-20)4-2-11/h1-6,9,20H,7-8,10H2,(H,18,21). The van der Waals surface area contributed by atoms with Gasteiger partial charge >= 0.3 is 0 Å². The van der Waals surface area contributed by atoms with Crippen molar-refractivity contribution in [3.8, 4) is 0 Å². The van der Waals surface area contributed by atoms with Gasteiger partial charge in [-0.05, 0) is 29.7 Å². The van der Waals surface area contributed by atoms with E-state index < -0.39 is 10.8 Å². The lowest BCUT2D eigenvalue weighted by molar-refractivity contribution is -0.385. The van der Waals surface area contributed by atoms with Gasteiger partial charge in [-0.2, -0.15) is 0 Å². The van der Waals surface area contributed by atoms with E-state index in [0.717, 1.165) is 17.2 Å². The molecule has 2 aromatic carbocycles. The van der Waals surface area contributed by atoms with Gasteiger partial charge in [0.25, 0.3) is 11.6 Å². The van der Waals surface area contributed by atoms with Gasteiger partial charge in [-0.3, -0.25) is 14.9 Å². The minimum atomic E-state index is -0.631. The van der Waals surface area contributed by atoms with Crippen LogP contribution >= 0.6 is 11.6 Å². The second-order valence-electron chi connectivity index (χ2n) is 4.90. The maximum Gasteiger partial charge on any atom is 0.283 e. The summed E-state index contributed by atoms with van der Waals surface area (Å²) in [5.41, 5.74) is 1.47. The molecule has 0 saturated heterocycles. The molecule has 0 atom stereocenters. The van der Waals surface area contributed by atoms with Crippen LogP contribution in [0.4, 0.5) is 5.69 Å². The Morgan fingerprint density at radius 1 is 1.17 bits per heavy atom. The first-order valence-electron chi connectivity index (χ1n) is 6.92. The molecule has 120 valence electrons. The molecule has 0 aliphatic rings. The van der Waals surface area contributed by atoms with E-state index in [2.05, 4.69) is 5.32 Å². The first-order valence-corrected chi connectivity index (χ1v) is 7.30. The fraction of sp³-hybridized carbons (Fsp3) is 0.188. The summed E-state index contributed by atoms with van der Waals surface area (Å²) in [5.74, 6) is -0.514. The number of benzene rings is 2. The van der Waals surface area contributed by atoms with Crippen LogP contribution < -0.4 is 5.32 Å². The number of nitro groups is 1. The summed E-state index contributed by atoms with van der Waals surface area (Å²) in [4.78, 5) is 22.4. The molecule has 0 saturated carbocycles. The zero-order chi connectivity index (χ0) is 16.8. The van der Waals surface area contributed by atoms with Gasteiger partial charge in [0.1, 0.15) is 5.56 Å². The van der Waals surface area contributed by atoms with Crippen LogP contribution in [0, 0.1) is 10.1 Å². The number of nitro benzene ring substituents is 1. The molecule has 7 heteroatoms. The van der Waals surface area contributed by atoms with Gasteiger partial charge < -0.3 is 10.4 Å². The van der Waals surface area contributed by atoms with Crippen LogP contribution in [0.2, 0.25) is 5.02 Å². The Morgan fingerprint density at radius 3 is 2.43 bits per heavy atom. The lowest BCUT2D eigenvalue weighted by Gasteiger charge is -2.07. The Kier molecular flexibility index (Phi) is 5.67. The van der Waals surface area contributed by atoms with Crippen molar-refractivity contribution in [3.05, 3.63) is 74.3 Å². The third-order valence-electron chi connectivity index (χ3n) is 3.31. The number of halogens is 1. The molecule has 6 nitrogen and oxygen atoms in total. The van der Waals surface area contributed by atoms with E-state index in [4.69, 9.17) is 16.7 Å². The van der Waals surface area contributed by atoms with Crippen LogP contribution in [-0.2, 0) is 13.0 Å². The molecule has 0 unspecified atom stereocenters. The highest BCUT2D eigenvalue weighted by Crippen LogP contribution is 2.23. The molecule has 0 aliphatic heterocycles. The molecule has 0 spiro atoms. The van der Waals surface area contributed by atoms with Crippen molar-refractivity contribution in [2.24, 2.45) is 0 Å². The molecular weight excluding hydrogens is 320 g/mol. The van der Waals surface area contributed by atoms with Crippen molar-refractivity contribution >= 4 is 23.2 Å². The Labute approximate surface area is 137 Å². The Hall–Kier alpha value is -2.44. The van der Waals surface area contributed by atoms with Crippen LogP contribution in [0.5, 0.6) is 0 Å². The molecule has 0 aliphatic carbocycles. The summed E-state index contributed by atoms with van der Waals surface area (Å²) in [6.07, 6.45) is 0.582. The summed E-state index contributed by atoms with van der Waals surface area (Å²) in [6.45, 7) is 0.328. The third-order valence-corrected chi connectivity index (χ3v) is 3.54. The number of nitrogens with zero attached hydrogens (tertiary/aromatic N) is 1. The second-order valence-corrected chi connectivity index (χ2v) is 5.34. The number of rotatable bonds is 6. The van der Waals surface area contributed by atoms with Crippen LogP contribution in [-0.4, -0.2) is 22.5 Å². The lowest BCUT2D eigenvalue weighted by Crippen LogP contribution is -2.26. The monoisotopic (exact) mass is 334 g/mol. The predicted molar refractivity (Wildman–Crippen MR) is 86.5 cm³/mol. The molecule has 0 heterocycles. The summed E-state index contributed by atoms with van der Waals surface area (Å²) in [5, 5.41) is 22.8. The molecule has 2 N–H and O–H groups in total. The van der Waals surface area contributed by atoms with Crippen LogP contribution in [0.1, 0.15) is 21.5 Å². The Bertz CT molecular complexity index is 717. The highest BCUT2D eigenvalue weighted by atomic mass is 35.5. The van der Waals surface area contributed by atoms with Crippen molar-refractivity contribution in [2.75, 3.05) is 6.54 Å². The van der Waals surface area contributed by atoms with E-state index in [9.17, 15) is 14.9 Å². The zero-order valence-electron chi connectivity index (χ0n) is 12.2. The molecule has 23 heavy (non-hydrogen) atoms. The average molecular weight is 335 g/mol. The number of amides is 1. The largest absolute Gasteiger partial charge is 0.392 e. The first-order chi connectivity index (χ1) is 11.0. The minimum Gasteiger partial charge on any atom is -0.392 e. The molecule has 0 radical (unpaired) electrons. The van der Waals surface area contributed by atoms with Crippen molar-refractivity contribution in [2.45, 2.75) is 13.0 Å². The summed E-state index contributed by atoms with van der Waals surface area (Å²) in [6, 6.07) is 11.3. The molecule has 1 amide bonds. The first kappa shape index (κ1) is 16.9. The van der Waals surface area contributed by atoms with Crippen molar-refractivity contribution in [3.63, 3.8) is 0 Å². The SMILES string of the molecule is O=C(NCCc1ccc(CO)cc1)c1ccc(Cl)cc1[N+](=O)[O-]. The van der Waals surface area contributed by atoms with E-state index in [1.165, 1.54) is 12.1 Å². The van der Waals surface area contributed by atoms with Gasteiger partial charge in [0.2, 0.25) is 0 Å².